The van der Waals surface area contributed by atoms with Crippen LogP contribution in [0.4, 0.5) is 4.79 Å². The summed E-state index contributed by atoms with van der Waals surface area (Å²) in [6.07, 6.45) is -0.752. The minimum atomic E-state index is -0.752. The number of hydrogen-bond donors (Lipinski definition) is 2. The predicted octanol–water partition coefficient (Wildman–Crippen LogP) is 1.51. The van der Waals surface area contributed by atoms with Crippen molar-refractivity contribution in [2.45, 2.75) is 0 Å². The summed E-state index contributed by atoms with van der Waals surface area (Å²) in [6.45, 7) is 2.07. The number of halogens is 1. The molecule has 0 heterocycles. The second kappa shape index (κ2) is 7.92. The van der Waals surface area contributed by atoms with Gasteiger partial charge in [-0.2, -0.15) is 0 Å². The molecule has 0 radical (unpaired) electrons. The van der Waals surface area contributed by atoms with Gasteiger partial charge < -0.3 is 20.5 Å². The molecule has 0 aromatic heterocycles. The van der Waals surface area contributed by atoms with Crippen molar-refractivity contribution in [2.24, 2.45) is 5.73 Å². The molecule has 0 unspecified atom stereocenters. The average Bonchev–Trinajstić information content (AvgIpc) is 2.30. The van der Waals surface area contributed by atoms with Crippen LogP contribution in [-0.2, 0) is 4.74 Å². The van der Waals surface area contributed by atoms with Crippen LogP contribution in [0.3, 0.4) is 0 Å². The molecule has 1 aromatic rings. The topological polar surface area (TPSA) is 73.6 Å². The van der Waals surface area contributed by atoms with Gasteiger partial charge in [-0.15, -0.1) is 0 Å². The fourth-order valence-electron chi connectivity index (χ4n) is 1.12. The Morgan fingerprint density at radius 2 is 1.88 bits per heavy atom. The maximum atomic E-state index is 10.2. The van der Waals surface area contributed by atoms with E-state index in [1.807, 2.05) is 24.3 Å². The van der Waals surface area contributed by atoms with E-state index in [9.17, 15) is 4.79 Å². The molecule has 0 aliphatic rings. The third kappa shape index (κ3) is 6.80. The summed E-state index contributed by atoms with van der Waals surface area (Å²) in [7, 11) is 0. The number of amides is 1. The Kier molecular flexibility index (Phi) is 6.42. The van der Waals surface area contributed by atoms with E-state index in [4.69, 9.17) is 10.5 Å². The Hall–Kier alpha value is -1.27. The Labute approximate surface area is 108 Å². The fourth-order valence-corrected chi connectivity index (χ4v) is 1.38. The van der Waals surface area contributed by atoms with E-state index in [-0.39, 0.29) is 6.61 Å². The normalized spacial score (nSPS) is 9.94. The second-order valence-corrected chi connectivity index (χ2v) is 4.14. The standard InChI is InChI=1S/C11H15BrN2O3/c12-9-1-3-10(4-2-9)16-7-5-14-6-8-17-11(13)15/h1-4,14H,5-8H2,(H2,13,15). The lowest BCUT2D eigenvalue weighted by molar-refractivity contribution is 0.157. The van der Waals surface area contributed by atoms with E-state index >= 15 is 0 Å². The van der Waals surface area contributed by atoms with Gasteiger partial charge in [0.15, 0.2) is 0 Å². The summed E-state index contributed by atoms with van der Waals surface area (Å²) >= 11 is 3.35. The summed E-state index contributed by atoms with van der Waals surface area (Å²) in [5.74, 6) is 0.823. The zero-order valence-corrected chi connectivity index (χ0v) is 10.9. The first-order chi connectivity index (χ1) is 8.18. The zero-order valence-electron chi connectivity index (χ0n) is 9.32. The van der Waals surface area contributed by atoms with Crippen LogP contribution in [0.25, 0.3) is 0 Å². The lowest BCUT2D eigenvalue weighted by atomic mass is 10.3. The molecule has 5 nitrogen and oxygen atoms in total. The molecule has 1 aromatic carbocycles. The van der Waals surface area contributed by atoms with E-state index in [0.717, 1.165) is 10.2 Å². The summed E-state index contributed by atoms with van der Waals surface area (Å²) in [6, 6.07) is 7.62. The van der Waals surface area contributed by atoms with Gasteiger partial charge in [0.1, 0.15) is 19.0 Å². The van der Waals surface area contributed by atoms with Crippen LogP contribution in [0.5, 0.6) is 5.75 Å². The molecule has 94 valence electrons. The van der Waals surface area contributed by atoms with Gasteiger partial charge >= 0.3 is 6.09 Å². The average molecular weight is 303 g/mol. The lowest BCUT2D eigenvalue weighted by Gasteiger charge is -2.07. The smallest absolute Gasteiger partial charge is 0.404 e. The highest BCUT2D eigenvalue weighted by molar-refractivity contribution is 9.10. The molecule has 1 rings (SSSR count). The van der Waals surface area contributed by atoms with Crippen LogP contribution in [-0.4, -0.2) is 32.4 Å². The number of rotatable bonds is 7. The Bertz CT molecular complexity index is 343. The van der Waals surface area contributed by atoms with Crippen molar-refractivity contribution in [3.8, 4) is 5.75 Å². The summed E-state index contributed by atoms with van der Waals surface area (Å²) < 4.78 is 11.0. The van der Waals surface area contributed by atoms with Gasteiger partial charge in [-0.1, -0.05) is 15.9 Å². The van der Waals surface area contributed by atoms with Crippen molar-refractivity contribution in [1.29, 1.82) is 0 Å². The van der Waals surface area contributed by atoms with Crippen molar-refractivity contribution in [1.82, 2.24) is 5.32 Å². The van der Waals surface area contributed by atoms with Gasteiger partial charge in [0.05, 0.1) is 0 Å². The van der Waals surface area contributed by atoms with Gasteiger partial charge in [-0.25, -0.2) is 4.79 Å². The van der Waals surface area contributed by atoms with Crippen molar-refractivity contribution in [2.75, 3.05) is 26.3 Å². The van der Waals surface area contributed by atoms with E-state index < -0.39 is 6.09 Å². The van der Waals surface area contributed by atoms with E-state index in [0.29, 0.717) is 19.7 Å². The number of hydrogen-bond acceptors (Lipinski definition) is 4. The molecule has 0 atom stereocenters. The number of carbonyl (C=O) groups excluding carboxylic acids is 1. The van der Waals surface area contributed by atoms with Crippen LogP contribution < -0.4 is 15.8 Å². The number of benzene rings is 1. The minimum absolute atomic E-state index is 0.271. The molecule has 3 N–H and O–H groups in total. The van der Waals surface area contributed by atoms with Gasteiger partial charge in [-0.05, 0) is 24.3 Å². The number of nitrogens with one attached hydrogen (secondary N) is 1. The number of nitrogens with two attached hydrogens (primary N) is 1. The van der Waals surface area contributed by atoms with Crippen molar-refractivity contribution >= 4 is 22.0 Å². The summed E-state index contributed by atoms with van der Waals surface area (Å²) in [5, 5.41) is 3.06. The fraction of sp³-hybridized carbons (Fsp3) is 0.364. The van der Waals surface area contributed by atoms with Gasteiger partial charge in [0.2, 0.25) is 0 Å². The van der Waals surface area contributed by atoms with Crippen LogP contribution in [0, 0.1) is 0 Å². The van der Waals surface area contributed by atoms with Crippen molar-refractivity contribution < 1.29 is 14.3 Å². The first-order valence-corrected chi connectivity index (χ1v) is 5.99. The van der Waals surface area contributed by atoms with Crippen molar-refractivity contribution in [3.63, 3.8) is 0 Å². The van der Waals surface area contributed by atoms with Crippen LogP contribution in [0.1, 0.15) is 0 Å². The van der Waals surface area contributed by atoms with Crippen molar-refractivity contribution in [3.05, 3.63) is 28.7 Å². The van der Waals surface area contributed by atoms with Gasteiger partial charge in [0.25, 0.3) is 0 Å². The molecule has 17 heavy (non-hydrogen) atoms. The Morgan fingerprint density at radius 3 is 2.53 bits per heavy atom. The Balaban J connectivity index is 2.01. The van der Waals surface area contributed by atoms with E-state index in [1.54, 1.807) is 0 Å². The lowest BCUT2D eigenvalue weighted by Crippen LogP contribution is -2.27. The molecule has 0 aliphatic carbocycles. The third-order valence-corrected chi connectivity index (χ3v) is 2.41. The number of ether oxygens (including phenoxy) is 2. The number of carbonyl (C=O) groups is 1. The maximum Gasteiger partial charge on any atom is 0.404 e. The molecule has 0 bridgehead atoms. The SMILES string of the molecule is NC(=O)OCCNCCOc1ccc(Br)cc1. The molecule has 0 saturated carbocycles. The first-order valence-electron chi connectivity index (χ1n) is 5.20. The molecular weight excluding hydrogens is 288 g/mol. The second-order valence-electron chi connectivity index (χ2n) is 3.22. The first kappa shape index (κ1) is 13.8. The van der Waals surface area contributed by atoms with Crippen LogP contribution in [0.2, 0.25) is 0 Å². The highest BCUT2D eigenvalue weighted by atomic mass is 79.9. The van der Waals surface area contributed by atoms with Crippen LogP contribution in [0.15, 0.2) is 28.7 Å². The highest BCUT2D eigenvalue weighted by Crippen LogP contribution is 2.15. The predicted molar refractivity (Wildman–Crippen MR) is 68.0 cm³/mol. The van der Waals surface area contributed by atoms with Gasteiger partial charge in [0, 0.05) is 17.6 Å². The monoisotopic (exact) mass is 302 g/mol. The quantitative estimate of drug-likeness (QED) is 0.749. The summed E-state index contributed by atoms with van der Waals surface area (Å²) in [5.41, 5.74) is 4.80. The molecule has 0 saturated heterocycles. The molecule has 0 spiro atoms. The molecule has 0 fully saturated rings. The number of primary amides is 1. The molecule has 0 aliphatic heterocycles. The molecule has 1 amide bonds. The van der Waals surface area contributed by atoms with E-state index in [2.05, 4.69) is 26.0 Å². The molecular formula is C11H15BrN2O3. The van der Waals surface area contributed by atoms with Gasteiger partial charge in [-0.3, -0.25) is 0 Å². The van der Waals surface area contributed by atoms with E-state index in [1.165, 1.54) is 0 Å². The molecule has 6 heteroatoms. The minimum Gasteiger partial charge on any atom is -0.492 e. The zero-order chi connectivity index (χ0) is 12.5. The Morgan fingerprint density at radius 1 is 1.24 bits per heavy atom. The maximum absolute atomic E-state index is 10.2. The highest BCUT2D eigenvalue weighted by Gasteiger charge is 1.95. The third-order valence-electron chi connectivity index (χ3n) is 1.88. The van der Waals surface area contributed by atoms with Crippen LogP contribution >= 0.6 is 15.9 Å². The summed E-state index contributed by atoms with van der Waals surface area (Å²) in [4.78, 5) is 10.2. The largest absolute Gasteiger partial charge is 0.492 e.